The number of aryl methyl sites for hydroxylation is 1. The molecule has 2 atom stereocenters. The molecule has 1 saturated heterocycles. The minimum Gasteiger partial charge on any atom is -0.368 e. The Hall–Kier alpha value is -1.42. The Labute approximate surface area is 100 Å². The van der Waals surface area contributed by atoms with Crippen molar-refractivity contribution >= 4 is 5.91 Å². The van der Waals surface area contributed by atoms with Gasteiger partial charge < -0.3 is 11.1 Å². The third kappa shape index (κ3) is 2.64. The molecule has 4 heteroatoms. The van der Waals surface area contributed by atoms with Crippen LogP contribution in [0.3, 0.4) is 0 Å². The van der Waals surface area contributed by atoms with Crippen molar-refractivity contribution < 1.29 is 9.18 Å². The maximum atomic E-state index is 13.0. The molecule has 0 aliphatic carbocycles. The van der Waals surface area contributed by atoms with Crippen molar-refractivity contribution in [2.75, 3.05) is 6.54 Å². The van der Waals surface area contributed by atoms with Crippen LogP contribution < -0.4 is 11.1 Å². The molecule has 1 heterocycles. The number of amides is 1. The summed E-state index contributed by atoms with van der Waals surface area (Å²) < 4.78 is 13.0. The minimum absolute atomic E-state index is 0.216. The zero-order valence-corrected chi connectivity index (χ0v) is 9.87. The first kappa shape index (κ1) is 12.0. The van der Waals surface area contributed by atoms with E-state index in [0.29, 0.717) is 6.42 Å². The molecule has 0 aromatic heterocycles. The highest BCUT2D eigenvalue weighted by Crippen LogP contribution is 2.30. The van der Waals surface area contributed by atoms with Crippen molar-refractivity contribution in [1.29, 1.82) is 0 Å². The summed E-state index contributed by atoms with van der Waals surface area (Å²) in [7, 11) is 0. The van der Waals surface area contributed by atoms with Crippen molar-refractivity contribution in [3.8, 4) is 0 Å². The van der Waals surface area contributed by atoms with Gasteiger partial charge in [-0.25, -0.2) is 4.39 Å². The van der Waals surface area contributed by atoms with Gasteiger partial charge in [-0.3, -0.25) is 4.79 Å². The topological polar surface area (TPSA) is 55.1 Å². The Bertz CT molecular complexity index is 433. The molecule has 3 N–H and O–H groups in total. The Kier molecular flexibility index (Phi) is 3.43. The lowest BCUT2D eigenvalue weighted by Crippen LogP contribution is -2.46. The average molecular weight is 236 g/mol. The number of primary amides is 1. The molecule has 2 unspecified atom stereocenters. The summed E-state index contributed by atoms with van der Waals surface area (Å²) in [5.41, 5.74) is 7.38. The van der Waals surface area contributed by atoms with Gasteiger partial charge in [-0.2, -0.15) is 0 Å². The predicted octanol–water partition coefficient (Wildman–Crippen LogP) is 1.46. The molecule has 0 radical (unpaired) electrons. The number of hydrogen-bond acceptors (Lipinski definition) is 2. The van der Waals surface area contributed by atoms with E-state index in [-0.39, 0.29) is 23.7 Å². The van der Waals surface area contributed by atoms with Gasteiger partial charge in [0.1, 0.15) is 5.82 Å². The molecule has 0 saturated carbocycles. The molecule has 1 aromatic rings. The molecule has 0 spiro atoms. The number of carbonyl (C=O) groups is 1. The maximum Gasteiger partial charge on any atom is 0.234 e. The number of halogens is 1. The third-order valence-electron chi connectivity index (χ3n) is 3.42. The molecule has 1 aliphatic heterocycles. The number of piperidine rings is 1. The van der Waals surface area contributed by atoms with E-state index in [1.54, 1.807) is 0 Å². The van der Waals surface area contributed by atoms with Gasteiger partial charge >= 0.3 is 0 Å². The van der Waals surface area contributed by atoms with Gasteiger partial charge in [0.15, 0.2) is 0 Å². The Morgan fingerprint density at radius 3 is 2.94 bits per heavy atom. The number of nitrogens with one attached hydrogen (secondary N) is 1. The van der Waals surface area contributed by atoms with Gasteiger partial charge in [0.05, 0.1) is 6.04 Å². The highest BCUT2D eigenvalue weighted by Gasteiger charge is 2.26. The van der Waals surface area contributed by atoms with Crippen molar-refractivity contribution in [2.24, 2.45) is 5.73 Å². The number of benzene rings is 1. The van der Waals surface area contributed by atoms with E-state index in [1.165, 1.54) is 12.1 Å². The van der Waals surface area contributed by atoms with E-state index in [9.17, 15) is 9.18 Å². The fourth-order valence-electron chi connectivity index (χ4n) is 2.51. The third-order valence-corrected chi connectivity index (χ3v) is 3.42. The fraction of sp³-hybridized carbons (Fsp3) is 0.462. The molecule has 17 heavy (non-hydrogen) atoms. The van der Waals surface area contributed by atoms with Gasteiger partial charge in [-0.15, -0.1) is 0 Å². The first-order chi connectivity index (χ1) is 8.08. The quantitative estimate of drug-likeness (QED) is 0.816. The number of rotatable bonds is 2. The van der Waals surface area contributed by atoms with E-state index < -0.39 is 0 Å². The standard InChI is InChI=1S/C13H17FN2O/c1-8-6-10(14)2-3-11(8)9-4-5-16-12(7-9)13(15)17/h2-3,6,9,12,16H,4-5,7H2,1H3,(H2,15,17). The number of nitrogens with two attached hydrogens (primary N) is 1. The molecular formula is C13H17FN2O. The molecule has 3 nitrogen and oxygen atoms in total. The molecule has 1 aliphatic rings. The van der Waals surface area contributed by atoms with E-state index in [1.807, 2.05) is 13.0 Å². The van der Waals surface area contributed by atoms with Gasteiger partial charge in [0, 0.05) is 0 Å². The van der Waals surface area contributed by atoms with E-state index in [4.69, 9.17) is 5.73 Å². The summed E-state index contributed by atoms with van der Waals surface area (Å²) in [5.74, 6) is -0.240. The van der Waals surface area contributed by atoms with Crippen LogP contribution in [0.2, 0.25) is 0 Å². The highest BCUT2D eigenvalue weighted by atomic mass is 19.1. The Balaban J connectivity index is 2.19. The van der Waals surface area contributed by atoms with Gasteiger partial charge in [0.2, 0.25) is 5.91 Å². The summed E-state index contributed by atoms with van der Waals surface area (Å²) in [6.07, 6.45) is 1.65. The van der Waals surface area contributed by atoms with Crippen molar-refractivity contribution in [3.05, 3.63) is 35.1 Å². The fourth-order valence-corrected chi connectivity index (χ4v) is 2.51. The van der Waals surface area contributed by atoms with Gasteiger partial charge in [-0.1, -0.05) is 6.07 Å². The summed E-state index contributed by atoms with van der Waals surface area (Å²) in [5, 5.41) is 3.10. The van der Waals surface area contributed by atoms with Crippen LogP contribution in [0.15, 0.2) is 18.2 Å². The molecule has 1 amide bonds. The zero-order chi connectivity index (χ0) is 12.4. The monoisotopic (exact) mass is 236 g/mol. The molecule has 1 aromatic carbocycles. The van der Waals surface area contributed by atoms with Crippen LogP contribution >= 0.6 is 0 Å². The summed E-state index contributed by atoms with van der Waals surface area (Å²) in [4.78, 5) is 11.2. The lowest BCUT2D eigenvalue weighted by atomic mass is 9.84. The average Bonchev–Trinajstić information content (AvgIpc) is 2.29. The molecule has 1 fully saturated rings. The molecule has 0 bridgehead atoms. The normalized spacial score (nSPS) is 24.6. The zero-order valence-electron chi connectivity index (χ0n) is 9.87. The maximum absolute atomic E-state index is 13.0. The first-order valence-corrected chi connectivity index (χ1v) is 5.86. The van der Waals surface area contributed by atoms with Crippen LogP contribution in [-0.2, 0) is 4.79 Å². The first-order valence-electron chi connectivity index (χ1n) is 5.86. The van der Waals surface area contributed by atoms with Gasteiger partial charge in [0.25, 0.3) is 0 Å². The predicted molar refractivity (Wildman–Crippen MR) is 64.1 cm³/mol. The lowest BCUT2D eigenvalue weighted by molar-refractivity contribution is -0.120. The second-order valence-electron chi connectivity index (χ2n) is 4.63. The summed E-state index contributed by atoms with van der Waals surface area (Å²) >= 11 is 0. The van der Waals surface area contributed by atoms with Crippen LogP contribution in [0, 0.1) is 12.7 Å². The van der Waals surface area contributed by atoms with Crippen LogP contribution in [0.25, 0.3) is 0 Å². The van der Waals surface area contributed by atoms with Crippen molar-refractivity contribution in [2.45, 2.75) is 31.7 Å². The Morgan fingerprint density at radius 1 is 1.53 bits per heavy atom. The van der Waals surface area contributed by atoms with Crippen LogP contribution in [-0.4, -0.2) is 18.5 Å². The van der Waals surface area contributed by atoms with Crippen molar-refractivity contribution in [3.63, 3.8) is 0 Å². The lowest BCUT2D eigenvalue weighted by Gasteiger charge is -2.29. The van der Waals surface area contributed by atoms with E-state index in [0.717, 1.165) is 24.1 Å². The smallest absolute Gasteiger partial charge is 0.234 e. The second-order valence-corrected chi connectivity index (χ2v) is 4.63. The Morgan fingerprint density at radius 2 is 2.29 bits per heavy atom. The largest absolute Gasteiger partial charge is 0.368 e. The second kappa shape index (κ2) is 4.84. The summed E-state index contributed by atoms with van der Waals surface area (Å²) in [6, 6.07) is 4.57. The number of carbonyl (C=O) groups excluding carboxylic acids is 1. The van der Waals surface area contributed by atoms with Crippen LogP contribution in [0.4, 0.5) is 4.39 Å². The van der Waals surface area contributed by atoms with Crippen molar-refractivity contribution in [1.82, 2.24) is 5.32 Å². The van der Waals surface area contributed by atoms with E-state index >= 15 is 0 Å². The SMILES string of the molecule is Cc1cc(F)ccc1C1CCNC(C(N)=O)C1. The molecule has 2 rings (SSSR count). The van der Waals surface area contributed by atoms with Crippen LogP contribution in [0.5, 0.6) is 0 Å². The van der Waals surface area contributed by atoms with E-state index in [2.05, 4.69) is 5.32 Å². The molecule has 92 valence electrons. The molecular weight excluding hydrogens is 219 g/mol. The minimum atomic E-state index is -0.311. The van der Waals surface area contributed by atoms with Crippen LogP contribution in [0.1, 0.15) is 29.9 Å². The number of hydrogen-bond donors (Lipinski definition) is 2. The summed E-state index contributed by atoms with van der Waals surface area (Å²) in [6.45, 7) is 2.68. The highest BCUT2D eigenvalue weighted by molar-refractivity contribution is 5.80. The van der Waals surface area contributed by atoms with Gasteiger partial charge in [-0.05, 0) is 55.5 Å².